The van der Waals surface area contributed by atoms with Gasteiger partial charge >= 0.3 is 0 Å². The summed E-state index contributed by atoms with van der Waals surface area (Å²) in [5.74, 6) is -3.61. The molecule has 0 radical (unpaired) electrons. The van der Waals surface area contributed by atoms with Gasteiger partial charge in [0.2, 0.25) is 23.5 Å². The number of amides is 5. The number of fused-ring (bicyclic) bond motifs is 1. The molecule has 1 aliphatic heterocycles. The minimum atomic E-state index is -1.09. The molecule has 6 rings (SSSR count). The highest BCUT2D eigenvalue weighted by molar-refractivity contribution is 6.37. The zero-order valence-corrected chi connectivity index (χ0v) is 29.4. The predicted octanol–water partition coefficient (Wildman–Crippen LogP) is 2.43. The summed E-state index contributed by atoms with van der Waals surface area (Å²) in [5, 5.41) is 8.89. The molecule has 1 unspecified atom stereocenters. The van der Waals surface area contributed by atoms with Crippen LogP contribution in [0.5, 0.6) is 0 Å². The van der Waals surface area contributed by atoms with Crippen LogP contribution < -0.4 is 21.7 Å². The van der Waals surface area contributed by atoms with Crippen molar-refractivity contribution in [2.24, 2.45) is 40.7 Å². The number of ketones is 1. The van der Waals surface area contributed by atoms with E-state index in [1.165, 1.54) is 18.6 Å². The summed E-state index contributed by atoms with van der Waals surface area (Å²) in [7, 11) is 0. The molecule has 5 aliphatic rings. The summed E-state index contributed by atoms with van der Waals surface area (Å²) in [6.07, 6.45) is 16.4. The Morgan fingerprint density at radius 3 is 2.04 bits per heavy atom. The molecule has 0 spiro atoms. The lowest BCUT2D eigenvalue weighted by Gasteiger charge is -2.38. The van der Waals surface area contributed by atoms with Gasteiger partial charge in [-0.1, -0.05) is 71.6 Å². The molecule has 0 bridgehead atoms. The van der Waals surface area contributed by atoms with Crippen molar-refractivity contribution in [3.63, 3.8) is 0 Å². The van der Waals surface area contributed by atoms with Crippen molar-refractivity contribution >= 4 is 35.3 Å². The number of likely N-dealkylation sites (tertiary alicyclic amines) is 1. The summed E-state index contributed by atoms with van der Waals surface area (Å²) in [6, 6.07) is -3.62. The first-order chi connectivity index (χ1) is 24.0. The normalized spacial score (nSPS) is 26.8. The quantitative estimate of drug-likeness (QED) is 0.227. The van der Waals surface area contributed by atoms with E-state index >= 15 is 0 Å². The maximum absolute atomic E-state index is 14.8. The van der Waals surface area contributed by atoms with Crippen LogP contribution in [0.15, 0.2) is 18.6 Å². The Hall–Kier alpha value is -3.90. The average molecular weight is 692 g/mol. The molecule has 1 saturated heterocycles. The van der Waals surface area contributed by atoms with E-state index in [4.69, 9.17) is 5.73 Å². The predicted molar refractivity (Wildman–Crippen MR) is 183 cm³/mol. The van der Waals surface area contributed by atoms with Crippen LogP contribution in [0.3, 0.4) is 0 Å². The van der Waals surface area contributed by atoms with Gasteiger partial charge in [-0.15, -0.1) is 0 Å². The van der Waals surface area contributed by atoms with Gasteiger partial charge in [0.15, 0.2) is 0 Å². The zero-order chi connectivity index (χ0) is 35.6. The fourth-order valence-corrected chi connectivity index (χ4v) is 9.30. The van der Waals surface area contributed by atoms with Gasteiger partial charge in [0.05, 0.1) is 12.2 Å². The minimum Gasteiger partial charge on any atom is -0.363 e. The number of carbonyl (C=O) groups is 6. The van der Waals surface area contributed by atoms with Gasteiger partial charge < -0.3 is 26.6 Å². The Balaban J connectivity index is 1.24. The standard InChI is InChI=1S/C37H53N7O6/c1-37(2)24-20-44(30(27(24)37)35(49)41-25(31(45)32(38)46)18-21-10-9-11-21)36(50)29(23-14-7-4-8-15-23)43-34(48)28(22-12-5-3-6-13-22)42-33(47)26-19-39-16-17-40-26/h16-17,19,21-25,27-30H,3-15,18,20H2,1-2H3,(H2,38,46)(H,41,49)(H,42,47)(H,43,48)/t24-,25?,27-,28-,29-,30-/m0/s1. The lowest BCUT2D eigenvalue weighted by molar-refractivity contribution is -0.146. The number of rotatable bonds is 13. The molecule has 13 heteroatoms. The molecular weight excluding hydrogens is 638 g/mol. The van der Waals surface area contributed by atoms with Crippen LogP contribution in [0, 0.1) is 35.0 Å². The van der Waals surface area contributed by atoms with E-state index in [0.717, 1.165) is 83.5 Å². The van der Waals surface area contributed by atoms with Crippen LogP contribution in [-0.2, 0) is 24.0 Å². The average Bonchev–Trinajstić information content (AvgIpc) is 3.40. The number of Topliss-reactive ketones (excluding diaryl/α,β-unsaturated/α-hetero) is 1. The smallest absolute Gasteiger partial charge is 0.287 e. The van der Waals surface area contributed by atoms with Gasteiger partial charge in [-0.2, -0.15) is 0 Å². The molecule has 6 atom stereocenters. The van der Waals surface area contributed by atoms with Crippen molar-refractivity contribution in [1.29, 1.82) is 0 Å². The van der Waals surface area contributed by atoms with E-state index in [0.29, 0.717) is 13.0 Å². The highest BCUT2D eigenvalue weighted by Gasteiger charge is 2.69. The highest BCUT2D eigenvalue weighted by Crippen LogP contribution is 2.65. The number of nitrogens with zero attached hydrogens (tertiary/aromatic N) is 3. The first-order valence-electron chi connectivity index (χ1n) is 18.8. The molecule has 5 amide bonds. The van der Waals surface area contributed by atoms with Crippen LogP contribution in [0.4, 0.5) is 0 Å². The Morgan fingerprint density at radius 1 is 0.840 bits per heavy atom. The summed E-state index contributed by atoms with van der Waals surface area (Å²) >= 11 is 0. The largest absolute Gasteiger partial charge is 0.363 e. The molecule has 1 aromatic rings. The van der Waals surface area contributed by atoms with E-state index in [-0.39, 0.29) is 46.6 Å². The Morgan fingerprint density at radius 2 is 1.48 bits per heavy atom. The maximum Gasteiger partial charge on any atom is 0.287 e. The number of carbonyl (C=O) groups excluding carboxylic acids is 6. The SMILES string of the molecule is CC1(C)[C@@H]2[C@@H](C(=O)NC(CC3CCC3)C(=O)C(N)=O)N(C(=O)[C@@H](NC(=O)[C@@H](NC(=O)c3cnccn3)C3CCCCC3)C3CCCCC3)C[C@@H]21. The number of nitrogens with one attached hydrogen (secondary N) is 3. The molecule has 13 nitrogen and oxygen atoms in total. The Bertz CT molecular complexity index is 1450. The second kappa shape index (κ2) is 15.1. The number of piperidine rings is 1. The third-order valence-corrected chi connectivity index (χ3v) is 12.6. The zero-order valence-electron chi connectivity index (χ0n) is 29.4. The second-order valence-electron chi connectivity index (χ2n) is 16.0. The van der Waals surface area contributed by atoms with Crippen molar-refractivity contribution in [2.75, 3.05) is 6.54 Å². The lowest BCUT2D eigenvalue weighted by Crippen LogP contribution is -2.62. The third-order valence-electron chi connectivity index (χ3n) is 12.6. The molecule has 50 heavy (non-hydrogen) atoms. The van der Waals surface area contributed by atoms with Crippen molar-refractivity contribution in [3.05, 3.63) is 24.3 Å². The van der Waals surface area contributed by atoms with E-state index in [2.05, 4.69) is 39.8 Å². The van der Waals surface area contributed by atoms with Crippen LogP contribution in [-0.4, -0.2) is 80.9 Å². The molecule has 1 aromatic heterocycles. The molecule has 272 valence electrons. The first kappa shape index (κ1) is 35.9. The van der Waals surface area contributed by atoms with E-state index < -0.39 is 53.6 Å². The highest BCUT2D eigenvalue weighted by atomic mass is 16.2. The first-order valence-corrected chi connectivity index (χ1v) is 18.8. The Labute approximate surface area is 294 Å². The fraction of sp³-hybridized carbons (Fsp3) is 0.730. The number of nitrogens with two attached hydrogens (primary N) is 1. The summed E-state index contributed by atoms with van der Waals surface area (Å²) in [6.45, 7) is 4.53. The molecular formula is C37H53N7O6. The van der Waals surface area contributed by atoms with Crippen molar-refractivity contribution < 1.29 is 28.8 Å². The molecule has 2 heterocycles. The maximum atomic E-state index is 14.8. The molecule has 4 aliphatic carbocycles. The number of primary amides is 1. The van der Waals surface area contributed by atoms with Gasteiger partial charge in [-0.25, -0.2) is 4.98 Å². The monoisotopic (exact) mass is 691 g/mol. The van der Waals surface area contributed by atoms with Crippen molar-refractivity contribution in [2.45, 2.75) is 128 Å². The van der Waals surface area contributed by atoms with Gasteiger partial charge in [0.25, 0.3) is 11.8 Å². The summed E-state index contributed by atoms with van der Waals surface area (Å²) in [4.78, 5) is 91.0. The topological polar surface area (TPSA) is 194 Å². The van der Waals surface area contributed by atoms with Gasteiger partial charge in [-0.05, 0) is 67.1 Å². The van der Waals surface area contributed by atoms with Crippen LogP contribution in [0.1, 0.15) is 114 Å². The number of aromatic nitrogens is 2. The molecule has 5 N–H and O–H groups in total. The van der Waals surface area contributed by atoms with E-state index in [9.17, 15) is 28.8 Å². The van der Waals surface area contributed by atoms with E-state index in [1.54, 1.807) is 4.90 Å². The molecule has 4 saturated carbocycles. The van der Waals surface area contributed by atoms with Crippen LogP contribution >= 0.6 is 0 Å². The number of hydrogen-bond donors (Lipinski definition) is 4. The second-order valence-corrected chi connectivity index (χ2v) is 16.0. The fourth-order valence-electron chi connectivity index (χ4n) is 9.30. The lowest BCUT2D eigenvalue weighted by atomic mass is 9.80. The summed E-state index contributed by atoms with van der Waals surface area (Å²) in [5.41, 5.74) is 5.31. The van der Waals surface area contributed by atoms with Gasteiger partial charge in [-0.3, -0.25) is 33.8 Å². The third kappa shape index (κ3) is 7.56. The van der Waals surface area contributed by atoms with Crippen LogP contribution in [0.2, 0.25) is 0 Å². The van der Waals surface area contributed by atoms with Gasteiger partial charge in [0.1, 0.15) is 23.8 Å². The Kier molecular flexibility index (Phi) is 10.9. The minimum absolute atomic E-state index is 0.0862. The molecule has 0 aromatic carbocycles. The van der Waals surface area contributed by atoms with Crippen molar-refractivity contribution in [1.82, 2.24) is 30.8 Å². The van der Waals surface area contributed by atoms with Gasteiger partial charge in [0, 0.05) is 18.9 Å². The molecule has 5 fully saturated rings. The van der Waals surface area contributed by atoms with E-state index in [1.807, 2.05) is 0 Å². The number of hydrogen-bond acceptors (Lipinski definition) is 8. The summed E-state index contributed by atoms with van der Waals surface area (Å²) < 4.78 is 0. The van der Waals surface area contributed by atoms with Crippen molar-refractivity contribution in [3.8, 4) is 0 Å². The van der Waals surface area contributed by atoms with Crippen LogP contribution in [0.25, 0.3) is 0 Å².